The van der Waals surface area contributed by atoms with Gasteiger partial charge < -0.3 is 15.2 Å². The molecule has 152 valence electrons. The van der Waals surface area contributed by atoms with Gasteiger partial charge in [0.15, 0.2) is 0 Å². The first-order valence-electron chi connectivity index (χ1n) is 9.57. The molecule has 4 rings (SSSR count). The van der Waals surface area contributed by atoms with E-state index < -0.39 is 0 Å². The second kappa shape index (κ2) is 8.39. The Hall–Kier alpha value is -2.64. The third-order valence-corrected chi connectivity index (χ3v) is 5.38. The Bertz CT molecular complexity index is 1010. The topological polar surface area (TPSA) is 72.2 Å². The fourth-order valence-corrected chi connectivity index (χ4v) is 3.94. The molecule has 1 aromatic heterocycles. The van der Waals surface area contributed by atoms with Crippen molar-refractivity contribution in [3.8, 4) is 5.75 Å². The largest absolute Gasteiger partial charge is 0.490 e. The zero-order valence-electron chi connectivity index (χ0n) is 16.0. The van der Waals surface area contributed by atoms with Gasteiger partial charge in [0, 0.05) is 18.2 Å². The normalized spacial score (nSPS) is 15.8. The minimum Gasteiger partial charge on any atom is -0.490 e. The van der Waals surface area contributed by atoms with Gasteiger partial charge in [0.05, 0.1) is 17.7 Å². The molecular formula is C21H22ClFN4O2. The van der Waals surface area contributed by atoms with Crippen molar-refractivity contribution in [2.75, 3.05) is 18.5 Å². The molecular weight excluding hydrogens is 395 g/mol. The summed E-state index contributed by atoms with van der Waals surface area (Å²) < 4.78 is 21.0. The molecule has 1 unspecified atom stereocenters. The zero-order valence-corrected chi connectivity index (χ0v) is 16.8. The van der Waals surface area contributed by atoms with Crippen molar-refractivity contribution in [1.29, 1.82) is 0 Å². The van der Waals surface area contributed by atoms with E-state index in [4.69, 9.17) is 21.4 Å². The number of aliphatic hydroxyl groups excluding tert-OH is 1. The molecule has 0 bridgehead atoms. The van der Waals surface area contributed by atoms with Crippen molar-refractivity contribution < 1.29 is 14.2 Å². The zero-order chi connectivity index (χ0) is 20.4. The molecule has 2 heterocycles. The van der Waals surface area contributed by atoms with Gasteiger partial charge in [-0.25, -0.2) is 4.39 Å². The van der Waals surface area contributed by atoms with Crippen LogP contribution >= 0.6 is 11.6 Å². The minimum absolute atomic E-state index is 0.0366. The summed E-state index contributed by atoms with van der Waals surface area (Å²) in [6.45, 7) is 2.01. The van der Waals surface area contributed by atoms with E-state index in [1.165, 1.54) is 12.1 Å². The van der Waals surface area contributed by atoms with Crippen molar-refractivity contribution in [2.45, 2.75) is 32.2 Å². The molecule has 6 nitrogen and oxygen atoms in total. The summed E-state index contributed by atoms with van der Waals surface area (Å²) in [5, 5.41) is 21.5. The van der Waals surface area contributed by atoms with Crippen LogP contribution in [0.15, 0.2) is 36.4 Å². The fourth-order valence-electron chi connectivity index (χ4n) is 3.66. The summed E-state index contributed by atoms with van der Waals surface area (Å²) in [7, 11) is 0. The summed E-state index contributed by atoms with van der Waals surface area (Å²) in [5.41, 5.74) is 2.74. The number of aromatic nitrogens is 3. The molecule has 29 heavy (non-hydrogen) atoms. The molecule has 0 saturated heterocycles. The summed E-state index contributed by atoms with van der Waals surface area (Å²) >= 11 is 6.25. The molecule has 2 N–H and O–H groups in total. The van der Waals surface area contributed by atoms with Crippen molar-refractivity contribution in [2.24, 2.45) is 0 Å². The van der Waals surface area contributed by atoms with E-state index in [0.29, 0.717) is 16.7 Å². The number of nitrogens with one attached hydrogen (secondary N) is 1. The van der Waals surface area contributed by atoms with E-state index >= 15 is 0 Å². The first kappa shape index (κ1) is 19.7. The third kappa shape index (κ3) is 4.06. The van der Waals surface area contributed by atoms with Crippen LogP contribution < -0.4 is 10.1 Å². The molecule has 0 spiro atoms. The van der Waals surface area contributed by atoms with Crippen molar-refractivity contribution in [3.05, 3.63) is 64.2 Å². The van der Waals surface area contributed by atoms with Gasteiger partial charge in [-0.3, -0.25) is 4.57 Å². The Balaban J connectivity index is 1.68. The Morgan fingerprint density at radius 1 is 1.28 bits per heavy atom. The number of aryl methyl sites for hydroxylation is 2. The maximum Gasteiger partial charge on any atom is 0.229 e. The smallest absolute Gasteiger partial charge is 0.229 e. The highest BCUT2D eigenvalue weighted by Gasteiger charge is 2.26. The summed E-state index contributed by atoms with van der Waals surface area (Å²) in [5.74, 6) is 1.75. The highest BCUT2D eigenvalue weighted by atomic mass is 35.5. The average Bonchev–Trinajstić information content (AvgIpc) is 3.13. The lowest BCUT2D eigenvalue weighted by molar-refractivity contribution is 0.201. The Morgan fingerprint density at radius 3 is 2.83 bits per heavy atom. The number of benzene rings is 2. The first-order valence-corrected chi connectivity index (χ1v) is 9.94. The maximum atomic E-state index is 13.4. The van der Waals surface area contributed by atoms with E-state index in [9.17, 15) is 4.39 Å². The van der Waals surface area contributed by atoms with Gasteiger partial charge in [-0.15, -0.1) is 10.2 Å². The number of anilines is 2. The number of hydrogen-bond acceptors (Lipinski definition) is 5. The number of aliphatic hydroxyl groups is 1. The lowest BCUT2D eigenvalue weighted by Gasteiger charge is -2.27. The van der Waals surface area contributed by atoms with Crippen molar-refractivity contribution >= 4 is 23.2 Å². The van der Waals surface area contributed by atoms with Crippen LogP contribution in [0.25, 0.3) is 0 Å². The maximum absolute atomic E-state index is 13.4. The summed E-state index contributed by atoms with van der Waals surface area (Å²) in [4.78, 5) is 0. The number of halogens is 2. The number of ether oxygens (including phenoxy) is 1. The summed E-state index contributed by atoms with van der Waals surface area (Å²) in [6.07, 6.45) is 2.77. The quantitative estimate of drug-likeness (QED) is 0.622. The van der Waals surface area contributed by atoms with E-state index in [0.717, 1.165) is 41.9 Å². The molecule has 0 radical (unpaired) electrons. The van der Waals surface area contributed by atoms with Gasteiger partial charge in [0.25, 0.3) is 0 Å². The molecule has 0 aliphatic carbocycles. The second-order valence-corrected chi connectivity index (χ2v) is 7.47. The molecule has 0 amide bonds. The molecule has 1 aliphatic heterocycles. The highest BCUT2D eigenvalue weighted by Crippen LogP contribution is 2.36. The van der Waals surface area contributed by atoms with Crippen LogP contribution in [-0.4, -0.2) is 33.1 Å². The van der Waals surface area contributed by atoms with Gasteiger partial charge in [-0.05, 0) is 49.1 Å². The van der Waals surface area contributed by atoms with E-state index in [-0.39, 0.29) is 25.1 Å². The monoisotopic (exact) mass is 416 g/mol. The predicted molar refractivity (Wildman–Crippen MR) is 110 cm³/mol. The fraction of sp³-hybridized carbons (Fsp3) is 0.333. The van der Waals surface area contributed by atoms with Gasteiger partial charge in [0.2, 0.25) is 5.95 Å². The molecule has 0 saturated carbocycles. The number of rotatable bonds is 6. The Labute approximate surface area is 173 Å². The first-order chi connectivity index (χ1) is 14.1. The summed E-state index contributed by atoms with van der Waals surface area (Å²) in [6, 6.07) is 10.2. The molecule has 8 heteroatoms. The van der Waals surface area contributed by atoms with Crippen LogP contribution in [0.3, 0.4) is 0 Å². The number of hydrogen-bond donors (Lipinski definition) is 2. The predicted octanol–water partition coefficient (Wildman–Crippen LogP) is 4.42. The van der Waals surface area contributed by atoms with Gasteiger partial charge >= 0.3 is 0 Å². The molecule has 0 fully saturated rings. The lowest BCUT2D eigenvalue weighted by Crippen LogP contribution is -2.20. The average molecular weight is 417 g/mol. The van der Waals surface area contributed by atoms with Crippen LogP contribution in [0.5, 0.6) is 5.75 Å². The standard InChI is InChI=1S/C21H22ClFN4O2/c1-13-11-16(22)19(29-10-9-28)12-17(13)24-21-26-25-20-4-2-3-18(27(20)21)14-5-7-15(23)8-6-14/h5-8,11-12,18,28H,2-4,9-10H2,1H3,(H,24,26). The Morgan fingerprint density at radius 2 is 2.07 bits per heavy atom. The highest BCUT2D eigenvalue weighted by molar-refractivity contribution is 6.32. The second-order valence-electron chi connectivity index (χ2n) is 7.06. The van der Waals surface area contributed by atoms with Crippen molar-refractivity contribution in [3.63, 3.8) is 0 Å². The number of nitrogens with zero attached hydrogens (tertiary/aromatic N) is 3. The molecule has 1 atom stereocenters. The van der Waals surface area contributed by atoms with Crippen LogP contribution in [-0.2, 0) is 6.42 Å². The SMILES string of the molecule is Cc1cc(Cl)c(OCCO)cc1Nc1nnc2n1C(c1ccc(F)cc1)CCC2. The van der Waals surface area contributed by atoms with Gasteiger partial charge in [-0.2, -0.15) is 0 Å². The van der Waals surface area contributed by atoms with Crippen LogP contribution in [0, 0.1) is 12.7 Å². The van der Waals surface area contributed by atoms with Crippen LogP contribution in [0.2, 0.25) is 5.02 Å². The van der Waals surface area contributed by atoms with Gasteiger partial charge in [-0.1, -0.05) is 23.7 Å². The van der Waals surface area contributed by atoms with E-state index in [2.05, 4.69) is 20.1 Å². The lowest BCUT2D eigenvalue weighted by atomic mass is 9.97. The third-order valence-electron chi connectivity index (χ3n) is 5.09. The Kier molecular flexibility index (Phi) is 5.69. The molecule has 2 aromatic carbocycles. The van der Waals surface area contributed by atoms with E-state index in [1.807, 2.05) is 25.1 Å². The minimum atomic E-state index is -0.251. The molecule has 3 aromatic rings. The number of fused-ring (bicyclic) bond motifs is 1. The van der Waals surface area contributed by atoms with Crippen LogP contribution in [0.4, 0.5) is 16.0 Å². The van der Waals surface area contributed by atoms with Crippen molar-refractivity contribution in [1.82, 2.24) is 14.8 Å². The van der Waals surface area contributed by atoms with Gasteiger partial charge in [0.1, 0.15) is 24.0 Å². The molecule has 1 aliphatic rings. The van der Waals surface area contributed by atoms with Crippen LogP contribution in [0.1, 0.15) is 35.8 Å². The van der Waals surface area contributed by atoms with E-state index in [1.54, 1.807) is 6.07 Å².